The van der Waals surface area contributed by atoms with Crippen LogP contribution < -0.4 is 4.74 Å². The SMILES string of the molecule is CCCCSc1nc2ccc(OCC)cc2s1. The van der Waals surface area contributed by atoms with Gasteiger partial charge in [0.1, 0.15) is 5.75 Å². The molecule has 2 rings (SSSR count). The normalized spacial score (nSPS) is 10.9. The zero-order valence-corrected chi connectivity index (χ0v) is 11.9. The summed E-state index contributed by atoms with van der Waals surface area (Å²) in [5.41, 5.74) is 1.08. The Morgan fingerprint density at radius 2 is 2.24 bits per heavy atom. The molecule has 2 nitrogen and oxygen atoms in total. The minimum Gasteiger partial charge on any atom is -0.494 e. The average molecular weight is 267 g/mol. The fourth-order valence-corrected chi connectivity index (χ4v) is 3.76. The predicted octanol–water partition coefficient (Wildman–Crippen LogP) is 4.59. The number of nitrogens with zero attached hydrogens (tertiary/aromatic N) is 1. The first kappa shape index (κ1) is 12.7. The Balaban J connectivity index is 2.12. The molecule has 0 aliphatic carbocycles. The van der Waals surface area contributed by atoms with Gasteiger partial charge in [-0.1, -0.05) is 25.1 Å². The Morgan fingerprint density at radius 3 is 3.00 bits per heavy atom. The minimum atomic E-state index is 0.711. The number of rotatable bonds is 6. The van der Waals surface area contributed by atoms with Crippen LogP contribution in [0.2, 0.25) is 0 Å². The molecule has 2 aromatic rings. The van der Waals surface area contributed by atoms with Crippen LogP contribution in [0.4, 0.5) is 0 Å². The predicted molar refractivity (Wildman–Crippen MR) is 76.4 cm³/mol. The van der Waals surface area contributed by atoms with E-state index in [-0.39, 0.29) is 0 Å². The second kappa shape index (κ2) is 6.26. The van der Waals surface area contributed by atoms with Gasteiger partial charge in [-0.15, -0.1) is 11.3 Å². The van der Waals surface area contributed by atoms with Crippen LogP contribution in [-0.2, 0) is 0 Å². The van der Waals surface area contributed by atoms with Gasteiger partial charge in [0.15, 0.2) is 4.34 Å². The number of thiazole rings is 1. The molecule has 0 amide bonds. The second-order valence-electron chi connectivity index (χ2n) is 3.74. The number of fused-ring (bicyclic) bond motifs is 1. The van der Waals surface area contributed by atoms with E-state index in [0.717, 1.165) is 17.0 Å². The molecule has 17 heavy (non-hydrogen) atoms. The topological polar surface area (TPSA) is 22.1 Å². The number of ether oxygens (including phenoxy) is 1. The molecular weight excluding hydrogens is 250 g/mol. The van der Waals surface area contributed by atoms with Crippen molar-refractivity contribution in [2.75, 3.05) is 12.4 Å². The minimum absolute atomic E-state index is 0.711. The van der Waals surface area contributed by atoms with Gasteiger partial charge in [0.05, 0.1) is 16.8 Å². The van der Waals surface area contributed by atoms with Crippen LogP contribution in [0.15, 0.2) is 22.5 Å². The first-order valence-corrected chi connectivity index (χ1v) is 7.80. The molecule has 0 saturated heterocycles. The quantitative estimate of drug-likeness (QED) is 0.564. The lowest BCUT2D eigenvalue weighted by Gasteiger charge is -2.00. The highest BCUT2D eigenvalue weighted by Crippen LogP contribution is 2.32. The van der Waals surface area contributed by atoms with E-state index >= 15 is 0 Å². The number of hydrogen-bond donors (Lipinski definition) is 0. The summed E-state index contributed by atoms with van der Waals surface area (Å²) in [7, 11) is 0. The first-order chi connectivity index (χ1) is 8.33. The van der Waals surface area contributed by atoms with Gasteiger partial charge < -0.3 is 4.74 Å². The maximum absolute atomic E-state index is 5.49. The molecule has 0 saturated carbocycles. The smallest absolute Gasteiger partial charge is 0.151 e. The highest BCUT2D eigenvalue weighted by molar-refractivity contribution is 8.01. The van der Waals surface area contributed by atoms with Crippen LogP contribution in [0, 0.1) is 0 Å². The Morgan fingerprint density at radius 1 is 1.35 bits per heavy atom. The lowest BCUT2D eigenvalue weighted by molar-refractivity contribution is 0.341. The third kappa shape index (κ3) is 3.36. The number of hydrogen-bond acceptors (Lipinski definition) is 4. The van der Waals surface area contributed by atoms with E-state index in [1.54, 1.807) is 11.3 Å². The lowest BCUT2D eigenvalue weighted by atomic mass is 10.3. The highest BCUT2D eigenvalue weighted by Gasteiger charge is 2.05. The number of aromatic nitrogens is 1. The third-order valence-corrected chi connectivity index (χ3v) is 4.62. The van der Waals surface area contributed by atoms with Crippen molar-refractivity contribution >= 4 is 33.3 Å². The summed E-state index contributed by atoms with van der Waals surface area (Å²) in [6.07, 6.45) is 2.50. The molecule has 92 valence electrons. The van der Waals surface area contributed by atoms with E-state index in [1.165, 1.54) is 21.9 Å². The van der Waals surface area contributed by atoms with Crippen molar-refractivity contribution in [1.82, 2.24) is 4.98 Å². The third-order valence-electron chi connectivity index (χ3n) is 2.37. The fourth-order valence-electron chi connectivity index (χ4n) is 1.51. The Hall–Kier alpha value is -0.740. The summed E-state index contributed by atoms with van der Waals surface area (Å²) in [6, 6.07) is 6.12. The molecule has 0 bridgehead atoms. The Labute approximate surface area is 110 Å². The molecule has 1 aromatic heterocycles. The van der Waals surface area contributed by atoms with Crippen LogP contribution in [0.3, 0.4) is 0 Å². The van der Waals surface area contributed by atoms with Gasteiger partial charge in [0.2, 0.25) is 0 Å². The molecule has 0 atom stereocenters. The van der Waals surface area contributed by atoms with Crippen molar-refractivity contribution in [3.63, 3.8) is 0 Å². The summed E-state index contributed by atoms with van der Waals surface area (Å²) in [5.74, 6) is 2.10. The van der Waals surface area contributed by atoms with Gasteiger partial charge in [-0.25, -0.2) is 4.98 Å². The maximum Gasteiger partial charge on any atom is 0.151 e. The van der Waals surface area contributed by atoms with Crippen LogP contribution in [0.1, 0.15) is 26.7 Å². The monoisotopic (exact) mass is 267 g/mol. The van der Waals surface area contributed by atoms with Gasteiger partial charge in [-0.05, 0) is 31.5 Å². The molecule has 1 aromatic carbocycles. The zero-order valence-electron chi connectivity index (χ0n) is 10.2. The Bertz CT molecular complexity index is 481. The van der Waals surface area contributed by atoms with Crippen molar-refractivity contribution in [3.8, 4) is 5.75 Å². The van der Waals surface area contributed by atoms with Crippen molar-refractivity contribution in [1.29, 1.82) is 0 Å². The van der Waals surface area contributed by atoms with Crippen molar-refractivity contribution in [3.05, 3.63) is 18.2 Å². The summed E-state index contributed by atoms with van der Waals surface area (Å²) in [6.45, 7) is 4.93. The second-order valence-corrected chi connectivity index (χ2v) is 6.12. The number of benzene rings is 1. The molecule has 0 unspecified atom stereocenters. The van der Waals surface area contributed by atoms with E-state index in [0.29, 0.717) is 6.61 Å². The van der Waals surface area contributed by atoms with Crippen LogP contribution in [0.25, 0.3) is 10.2 Å². The summed E-state index contributed by atoms with van der Waals surface area (Å²) in [4.78, 5) is 4.61. The van der Waals surface area contributed by atoms with Crippen molar-refractivity contribution in [2.45, 2.75) is 31.0 Å². The van der Waals surface area contributed by atoms with Gasteiger partial charge in [-0.2, -0.15) is 0 Å². The first-order valence-electron chi connectivity index (χ1n) is 5.99. The summed E-state index contributed by atoms with van der Waals surface area (Å²) >= 11 is 3.62. The van der Waals surface area contributed by atoms with Gasteiger partial charge >= 0.3 is 0 Å². The molecule has 0 N–H and O–H groups in total. The number of unbranched alkanes of at least 4 members (excludes halogenated alkanes) is 1. The molecule has 0 spiro atoms. The van der Waals surface area contributed by atoms with Crippen molar-refractivity contribution < 1.29 is 4.74 Å². The highest BCUT2D eigenvalue weighted by atomic mass is 32.2. The van der Waals surface area contributed by atoms with Crippen molar-refractivity contribution in [2.24, 2.45) is 0 Å². The van der Waals surface area contributed by atoms with Gasteiger partial charge in [-0.3, -0.25) is 0 Å². The van der Waals surface area contributed by atoms with Crippen LogP contribution in [-0.4, -0.2) is 17.3 Å². The fraction of sp³-hybridized carbons (Fsp3) is 0.462. The average Bonchev–Trinajstić information content (AvgIpc) is 2.72. The molecule has 0 aliphatic rings. The standard InChI is InChI=1S/C13H17NOS2/c1-3-5-8-16-13-14-11-7-6-10(15-4-2)9-12(11)17-13/h6-7,9H,3-5,8H2,1-2H3. The van der Waals surface area contributed by atoms with E-state index in [9.17, 15) is 0 Å². The Kier molecular flexibility index (Phi) is 4.68. The summed E-state index contributed by atoms with van der Waals surface area (Å²) in [5, 5.41) is 0. The number of thioether (sulfide) groups is 1. The van der Waals surface area contributed by atoms with E-state index < -0.39 is 0 Å². The molecular formula is C13H17NOS2. The summed E-state index contributed by atoms with van der Waals surface area (Å²) < 4.78 is 7.88. The van der Waals surface area contributed by atoms with E-state index in [4.69, 9.17) is 4.74 Å². The molecule has 0 aliphatic heterocycles. The largest absolute Gasteiger partial charge is 0.494 e. The van der Waals surface area contributed by atoms with E-state index in [2.05, 4.69) is 18.0 Å². The maximum atomic E-state index is 5.49. The van der Waals surface area contributed by atoms with Gasteiger partial charge in [0, 0.05) is 5.75 Å². The lowest BCUT2D eigenvalue weighted by Crippen LogP contribution is -1.89. The molecule has 0 fully saturated rings. The van der Waals surface area contributed by atoms with Crippen LogP contribution in [0.5, 0.6) is 5.75 Å². The van der Waals surface area contributed by atoms with Gasteiger partial charge in [0.25, 0.3) is 0 Å². The molecule has 4 heteroatoms. The van der Waals surface area contributed by atoms with Crippen LogP contribution >= 0.6 is 23.1 Å². The molecule has 0 radical (unpaired) electrons. The zero-order chi connectivity index (χ0) is 12.1. The van der Waals surface area contributed by atoms with E-state index in [1.807, 2.05) is 30.8 Å². The molecule has 1 heterocycles.